The lowest BCUT2D eigenvalue weighted by Crippen LogP contribution is -2.04. The summed E-state index contributed by atoms with van der Waals surface area (Å²) >= 11 is 5.39. The lowest BCUT2D eigenvalue weighted by atomic mass is 10.2. The van der Waals surface area contributed by atoms with Gasteiger partial charge in [-0.25, -0.2) is 4.85 Å². The van der Waals surface area contributed by atoms with E-state index in [0.717, 1.165) is 12.1 Å². The Morgan fingerprint density at radius 1 is 1.23 bits per heavy atom. The SMILES string of the molecule is [C-]#[N+]c1cc(Cl)cc(C(F)(F)F)c1. The normalized spacial score (nSPS) is 11.0. The van der Waals surface area contributed by atoms with E-state index >= 15 is 0 Å². The Bertz CT molecular complexity index is 365. The van der Waals surface area contributed by atoms with Crippen LogP contribution < -0.4 is 0 Å². The van der Waals surface area contributed by atoms with Crippen LogP contribution in [0.5, 0.6) is 0 Å². The van der Waals surface area contributed by atoms with E-state index in [1.165, 1.54) is 6.07 Å². The van der Waals surface area contributed by atoms with Crippen molar-refractivity contribution in [2.45, 2.75) is 6.18 Å². The first-order chi connectivity index (χ1) is 5.93. The van der Waals surface area contributed by atoms with E-state index in [1.807, 2.05) is 0 Å². The smallest absolute Gasteiger partial charge is 0.238 e. The molecule has 0 N–H and O–H groups in total. The summed E-state index contributed by atoms with van der Waals surface area (Å²) in [5.41, 5.74) is -1.01. The van der Waals surface area contributed by atoms with Crippen LogP contribution in [0.25, 0.3) is 4.85 Å². The predicted molar refractivity (Wildman–Crippen MR) is 42.7 cm³/mol. The molecule has 0 aliphatic rings. The molecule has 0 unspecified atom stereocenters. The van der Waals surface area contributed by atoms with Crippen LogP contribution in [-0.4, -0.2) is 0 Å². The zero-order valence-corrected chi connectivity index (χ0v) is 6.95. The van der Waals surface area contributed by atoms with Crippen LogP contribution in [0.1, 0.15) is 5.56 Å². The van der Waals surface area contributed by atoms with Crippen LogP contribution in [0.4, 0.5) is 18.9 Å². The Balaban J connectivity index is 3.26. The van der Waals surface area contributed by atoms with Crippen LogP contribution in [0.2, 0.25) is 5.02 Å². The molecule has 1 aromatic carbocycles. The minimum Gasteiger partial charge on any atom is -0.238 e. The van der Waals surface area contributed by atoms with Gasteiger partial charge in [0.25, 0.3) is 0 Å². The Labute approximate surface area is 77.6 Å². The van der Waals surface area contributed by atoms with Gasteiger partial charge in [-0.3, -0.25) is 0 Å². The summed E-state index contributed by atoms with van der Waals surface area (Å²) in [6.45, 7) is 6.54. The highest BCUT2D eigenvalue weighted by atomic mass is 35.5. The van der Waals surface area contributed by atoms with Crippen LogP contribution in [0, 0.1) is 6.57 Å². The van der Waals surface area contributed by atoms with E-state index in [1.54, 1.807) is 0 Å². The lowest BCUT2D eigenvalue weighted by Gasteiger charge is -2.06. The molecule has 0 aliphatic heterocycles. The van der Waals surface area contributed by atoms with Gasteiger partial charge in [-0.05, 0) is 18.2 Å². The first-order valence-electron chi connectivity index (χ1n) is 3.19. The van der Waals surface area contributed by atoms with Crippen molar-refractivity contribution in [2.75, 3.05) is 0 Å². The van der Waals surface area contributed by atoms with Crippen molar-refractivity contribution < 1.29 is 13.2 Å². The summed E-state index contributed by atoms with van der Waals surface area (Å²) in [6, 6.07) is 2.74. The van der Waals surface area contributed by atoms with Crippen LogP contribution in [-0.2, 0) is 6.18 Å². The molecule has 1 nitrogen and oxygen atoms in total. The first kappa shape index (κ1) is 9.87. The number of hydrogen-bond acceptors (Lipinski definition) is 0. The van der Waals surface area contributed by atoms with Gasteiger partial charge < -0.3 is 0 Å². The van der Waals surface area contributed by atoms with Crippen LogP contribution >= 0.6 is 11.6 Å². The summed E-state index contributed by atoms with van der Waals surface area (Å²) < 4.78 is 36.4. The minimum absolute atomic E-state index is 0.0826. The minimum atomic E-state index is -4.45. The third-order valence-electron chi connectivity index (χ3n) is 1.34. The highest BCUT2D eigenvalue weighted by molar-refractivity contribution is 6.30. The van der Waals surface area contributed by atoms with Crippen LogP contribution in [0.3, 0.4) is 0 Å². The summed E-state index contributed by atoms with van der Waals surface area (Å²) in [5, 5.41) is -0.0826. The molecule has 0 aliphatic carbocycles. The molecule has 0 radical (unpaired) electrons. The topological polar surface area (TPSA) is 4.36 Å². The molecule has 0 aromatic heterocycles. The molecule has 13 heavy (non-hydrogen) atoms. The molecule has 0 saturated heterocycles. The quantitative estimate of drug-likeness (QED) is 0.566. The van der Waals surface area contributed by atoms with E-state index in [0.29, 0.717) is 0 Å². The number of halogens is 4. The second-order valence-corrected chi connectivity index (χ2v) is 2.74. The van der Waals surface area contributed by atoms with Gasteiger partial charge in [0.1, 0.15) is 0 Å². The van der Waals surface area contributed by atoms with Crippen molar-refractivity contribution in [3.05, 3.63) is 40.2 Å². The molecular formula is C8H3ClF3N. The number of alkyl halides is 3. The average molecular weight is 206 g/mol. The highest BCUT2D eigenvalue weighted by Gasteiger charge is 2.30. The average Bonchev–Trinajstić information content (AvgIpc) is 2.01. The van der Waals surface area contributed by atoms with Gasteiger partial charge in [0.05, 0.1) is 6.57 Å². The van der Waals surface area contributed by atoms with Crippen molar-refractivity contribution in [1.29, 1.82) is 0 Å². The lowest BCUT2D eigenvalue weighted by molar-refractivity contribution is -0.137. The third kappa shape index (κ3) is 2.36. The van der Waals surface area contributed by atoms with Crippen LogP contribution in [0.15, 0.2) is 18.2 Å². The van der Waals surface area contributed by atoms with Crippen molar-refractivity contribution in [3.8, 4) is 0 Å². The molecule has 0 saturated carbocycles. The van der Waals surface area contributed by atoms with E-state index in [4.69, 9.17) is 18.2 Å². The number of benzene rings is 1. The third-order valence-corrected chi connectivity index (χ3v) is 1.56. The maximum absolute atomic E-state index is 12.1. The van der Waals surface area contributed by atoms with Gasteiger partial charge in [-0.1, -0.05) is 11.6 Å². The number of rotatable bonds is 0. The zero-order chi connectivity index (χ0) is 10.1. The largest absolute Gasteiger partial charge is 0.415 e. The summed E-state index contributed by atoms with van der Waals surface area (Å²) in [5.74, 6) is 0. The van der Waals surface area contributed by atoms with Crippen molar-refractivity contribution in [3.63, 3.8) is 0 Å². The predicted octanol–water partition coefficient (Wildman–Crippen LogP) is 3.91. The summed E-state index contributed by atoms with van der Waals surface area (Å²) in [6.07, 6.45) is -4.45. The van der Waals surface area contributed by atoms with Gasteiger partial charge in [-0.2, -0.15) is 13.2 Å². The molecule has 0 amide bonds. The highest BCUT2D eigenvalue weighted by Crippen LogP contribution is 2.33. The van der Waals surface area contributed by atoms with Gasteiger partial charge in [0.2, 0.25) is 0 Å². The second-order valence-electron chi connectivity index (χ2n) is 2.31. The van der Waals surface area contributed by atoms with E-state index in [-0.39, 0.29) is 10.7 Å². The fourth-order valence-corrected chi connectivity index (χ4v) is 1.03. The van der Waals surface area contributed by atoms with Gasteiger partial charge in [0, 0.05) is 10.6 Å². The molecular weight excluding hydrogens is 203 g/mol. The first-order valence-corrected chi connectivity index (χ1v) is 3.56. The summed E-state index contributed by atoms with van der Waals surface area (Å²) in [4.78, 5) is 2.87. The van der Waals surface area contributed by atoms with Gasteiger partial charge >= 0.3 is 6.18 Å². The fourth-order valence-electron chi connectivity index (χ4n) is 0.802. The van der Waals surface area contributed by atoms with E-state index in [9.17, 15) is 13.2 Å². The Hall–Kier alpha value is -1.21. The second kappa shape index (κ2) is 3.27. The number of nitrogens with zero attached hydrogens (tertiary/aromatic N) is 1. The van der Waals surface area contributed by atoms with Crippen molar-refractivity contribution in [2.24, 2.45) is 0 Å². The van der Waals surface area contributed by atoms with Gasteiger partial charge in [0.15, 0.2) is 5.69 Å². The molecule has 0 fully saturated rings. The molecule has 1 rings (SSSR count). The Morgan fingerprint density at radius 2 is 1.85 bits per heavy atom. The molecule has 0 spiro atoms. The fraction of sp³-hybridized carbons (Fsp3) is 0.125. The molecule has 1 aromatic rings. The van der Waals surface area contributed by atoms with Crippen molar-refractivity contribution >= 4 is 17.3 Å². The maximum Gasteiger partial charge on any atom is 0.415 e. The molecule has 68 valence electrons. The molecule has 5 heteroatoms. The zero-order valence-electron chi connectivity index (χ0n) is 6.19. The molecule has 0 atom stereocenters. The molecule has 0 heterocycles. The van der Waals surface area contributed by atoms with E-state index in [2.05, 4.69) is 4.85 Å². The molecule has 0 bridgehead atoms. The number of hydrogen-bond donors (Lipinski definition) is 0. The monoisotopic (exact) mass is 205 g/mol. The van der Waals surface area contributed by atoms with Crippen molar-refractivity contribution in [1.82, 2.24) is 0 Å². The Morgan fingerprint density at radius 3 is 2.31 bits per heavy atom. The Kier molecular flexibility index (Phi) is 2.48. The maximum atomic E-state index is 12.1. The van der Waals surface area contributed by atoms with E-state index < -0.39 is 11.7 Å². The van der Waals surface area contributed by atoms with Gasteiger partial charge in [-0.15, -0.1) is 0 Å². The summed E-state index contributed by atoms with van der Waals surface area (Å²) in [7, 11) is 0. The standard InChI is InChI=1S/C8H3ClF3N/c1-13-7-3-5(8(10,11)12)2-6(9)4-7/h2-4H.